The van der Waals surface area contributed by atoms with Crippen molar-refractivity contribution in [2.75, 3.05) is 13.1 Å². The molecule has 0 bridgehead atoms. The van der Waals surface area contributed by atoms with Crippen molar-refractivity contribution in [2.45, 2.75) is 26.3 Å². The molecule has 104 valence electrons. The smallest absolute Gasteiger partial charge is 0.303 e. The van der Waals surface area contributed by atoms with E-state index in [0.717, 1.165) is 13.0 Å². The van der Waals surface area contributed by atoms with Gasteiger partial charge in [0.05, 0.1) is 11.4 Å². The van der Waals surface area contributed by atoms with E-state index in [4.69, 9.17) is 16.7 Å². The van der Waals surface area contributed by atoms with Gasteiger partial charge in [0, 0.05) is 31.7 Å². The Morgan fingerprint density at radius 1 is 1.47 bits per heavy atom. The van der Waals surface area contributed by atoms with E-state index in [-0.39, 0.29) is 18.2 Å². The lowest BCUT2D eigenvalue weighted by molar-refractivity contribution is -0.139. The quantitative estimate of drug-likeness (QED) is 0.901. The predicted octanol–water partition coefficient (Wildman–Crippen LogP) is 2.10. The van der Waals surface area contributed by atoms with Crippen LogP contribution in [0.25, 0.3) is 0 Å². The first kappa shape index (κ1) is 13.9. The molecule has 1 aromatic rings. The van der Waals surface area contributed by atoms with Gasteiger partial charge in [0.1, 0.15) is 5.69 Å². The van der Waals surface area contributed by atoms with Gasteiger partial charge in [0.25, 0.3) is 5.91 Å². The summed E-state index contributed by atoms with van der Waals surface area (Å²) in [6.07, 6.45) is 2.81. The molecule has 0 unspecified atom stereocenters. The first-order valence-electron chi connectivity index (χ1n) is 6.38. The lowest BCUT2D eigenvalue weighted by Gasteiger charge is -2.38. The topological polar surface area (TPSA) is 62.5 Å². The molecule has 2 heterocycles. The zero-order valence-electron chi connectivity index (χ0n) is 10.8. The molecule has 1 aromatic heterocycles. The number of aromatic nitrogens is 1. The molecule has 19 heavy (non-hydrogen) atoms. The predicted molar refractivity (Wildman–Crippen MR) is 71.4 cm³/mol. The summed E-state index contributed by atoms with van der Waals surface area (Å²) in [5, 5.41) is 9.24. The number of hydrogen-bond acceptors (Lipinski definition) is 2. The number of nitrogens with zero attached hydrogens (tertiary/aromatic N) is 2. The number of likely N-dealkylation sites (tertiary alicyclic amines) is 1. The molecule has 1 aliphatic heterocycles. The summed E-state index contributed by atoms with van der Waals surface area (Å²) in [7, 11) is 0. The van der Waals surface area contributed by atoms with Crippen molar-refractivity contribution in [1.82, 2.24) is 9.47 Å². The molecule has 0 spiro atoms. The van der Waals surface area contributed by atoms with Gasteiger partial charge in [0.15, 0.2) is 0 Å². The average Bonchev–Trinajstić information content (AvgIpc) is 2.64. The molecule has 0 radical (unpaired) electrons. The average molecular weight is 285 g/mol. The third-order valence-electron chi connectivity index (χ3n) is 3.25. The van der Waals surface area contributed by atoms with Crippen LogP contribution >= 0.6 is 11.6 Å². The standard InChI is InChI=1S/C13H17ClN2O3/c1-2-3-15-8-10(14)5-11(15)13(19)16-6-9(7-16)4-12(17)18/h5,8-9H,2-4,6-7H2,1H3,(H,17,18). The zero-order chi connectivity index (χ0) is 14.0. The van der Waals surface area contributed by atoms with Crippen molar-refractivity contribution < 1.29 is 14.7 Å². The van der Waals surface area contributed by atoms with Gasteiger partial charge in [0.2, 0.25) is 0 Å². The van der Waals surface area contributed by atoms with Gasteiger partial charge in [-0.05, 0) is 12.5 Å². The normalized spacial score (nSPS) is 15.4. The second-order valence-electron chi connectivity index (χ2n) is 4.91. The molecular formula is C13H17ClN2O3. The fraction of sp³-hybridized carbons (Fsp3) is 0.538. The number of hydrogen-bond donors (Lipinski definition) is 1. The number of halogens is 1. The number of carboxylic acids is 1. The van der Waals surface area contributed by atoms with E-state index in [1.54, 1.807) is 17.2 Å². The van der Waals surface area contributed by atoms with Gasteiger partial charge in [-0.15, -0.1) is 0 Å². The minimum Gasteiger partial charge on any atom is -0.481 e. The van der Waals surface area contributed by atoms with Crippen LogP contribution < -0.4 is 0 Å². The van der Waals surface area contributed by atoms with Crippen molar-refractivity contribution in [3.05, 3.63) is 23.0 Å². The Morgan fingerprint density at radius 3 is 2.74 bits per heavy atom. The van der Waals surface area contributed by atoms with E-state index in [2.05, 4.69) is 0 Å². The van der Waals surface area contributed by atoms with Gasteiger partial charge in [-0.1, -0.05) is 18.5 Å². The molecule has 1 fully saturated rings. The first-order chi connectivity index (χ1) is 9.01. The molecule has 1 saturated heterocycles. The third-order valence-corrected chi connectivity index (χ3v) is 3.46. The first-order valence-corrected chi connectivity index (χ1v) is 6.75. The maximum absolute atomic E-state index is 12.3. The van der Waals surface area contributed by atoms with E-state index in [1.165, 1.54) is 0 Å². The van der Waals surface area contributed by atoms with Gasteiger partial charge >= 0.3 is 5.97 Å². The number of carboxylic acid groups (broad SMARTS) is 1. The minimum absolute atomic E-state index is 0.0676. The Hall–Kier alpha value is -1.49. The second kappa shape index (κ2) is 5.65. The van der Waals surface area contributed by atoms with Gasteiger partial charge in [-0.3, -0.25) is 9.59 Å². The molecular weight excluding hydrogens is 268 g/mol. The molecule has 0 saturated carbocycles. The maximum atomic E-state index is 12.3. The lowest BCUT2D eigenvalue weighted by Crippen LogP contribution is -2.51. The van der Waals surface area contributed by atoms with Gasteiger partial charge in [-0.25, -0.2) is 0 Å². The fourth-order valence-electron chi connectivity index (χ4n) is 2.35. The largest absolute Gasteiger partial charge is 0.481 e. The molecule has 0 aliphatic carbocycles. The Labute approximate surface area is 116 Å². The van der Waals surface area contributed by atoms with Crippen molar-refractivity contribution in [2.24, 2.45) is 5.92 Å². The summed E-state index contributed by atoms with van der Waals surface area (Å²) in [4.78, 5) is 24.5. The summed E-state index contributed by atoms with van der Waals surface area (Å²) < 4.78 is 1.86. The van der Waals surface area contributed by atoms with Crippen molar-refractivity contribution in [3.8, 4) is 0 Å². The monoisotopic (exact) mass is 284 g/mol. The number of aliphatic carboxylic acids is 1. The highest BCUT2D eigenvalue weighted by Crippen LogP contribution is 2.23. The molecule has 6 heteroatoms. The summed E-state index contributed by atoms with van der Waals surface area (Å²) in [5.74, 6) is -0.803. The van der Waals surface area contributed by atoms with Crippen LogP contribution in [0.4, 0.5) is 0 Å². The van der Waals surface area contributed by atoms with E-state index in [0.29, 0.717) is 23.8 Å². The number of aryl methyl sites for hydroxylation is 1. The molecule has 0 aromatic carbocycles. The molecule has 5 nitrogen and oxygen atoms in total. The maximum Gasteiger partial charge on any atom is 0.303 e. The highest BCUT2D eigenvalue weighted by Gasteiger charge is 2.33. The van der Waals surface area contributed by atoms with Crippen LogP contribution in [-0.2, 0) is 11.3 Å². The van der Waals surface area contributed by atoms with Crippen molar-refractivity contribution in [3.63, 3.8) is 0 Å². The minimum atomic E-state index is -0.811. The van der Waals surface area contributed by atoms with E-state index in [9.17, 15) is 9.59 Å². The number of carbonyl (C=O) groups is 2. The lowest BCUT2D eigenvalue weighted by atomic mass is 9.96. The van der Waals surface area contributed by atoms with Crippen LogP contribution in [0.5, 0.6) is 0 Å². The summed E-state index contributed by atoms with van der Waals surface area (Å²) in [6.45, 7) is 3.81. The van der Waals surface area contributed by atoms with Crippen LogP contribution in [0, 0.1) is 5.92 Å². The second-order valence-corrected chi connectivity index (χ2v) is 5.35. The summed E-state index contributed by atoms with van der Waals surface area (Å²) in [5.41, 5.74) is 0.584. The van der Waals surface area contributed by atoms with E-state index in [1.807, 2.05) is 11.5 Å². The molecule has 1 amide bonds. The Bertz CT molecular complexity index is 492. The molecule has 2 rings (SSSR count). The highest BCUT2D eigenvalue weighted by molar-refractivity contribution is 6.31. The number of rotatable bonds is 5. The van der Waals surface area contributed by atoms with Gasteiger partial charge in [-0.2, -0.15) is 0 Å². The number of carbonyl (C=O) groups excluding carboxylic acids is 1. The van der Waals surface area contributed by atoms with E-state index < -0.39 is 5.97 Å². The van der Waals surface area contributed by atoms with Crippen LogP contribution in [0.3, 0.4) is 0 Å². The highest BCUT2D eigenvalue weighted by atomic mass is 35.5. The molecule has 0 atom stereocenters. The molecule has 1 N–H and O–H groups in total. The summed E-state index contributed by atoms with van der Waals surface area (Å²) >= 11 is 5.94. The van der Waals surface area contributed by atoms with E-state index >= 15 is 0 Å². The Balaban J connectivity index is 1.99. The van der Waals surface area contributed by atoms with Crippen LogP contribution in [-0.4, -0.2) is 39.5 Å². The van der Waals surface area contributed by atoms with Crippen molar-refractivity contribution >= 4 is 23.5 Å². The molecule has 1 aliphatic rings. The zero-order valence-corrected chi connectivity index (χ0v) is 11.6. The SMILES string of the molecule is CCCn1cc(Cl)cc1C(=O)N1CC(CC(=O)O)C1. The van der Waals surface area contributed by atoms with Crippen molar-refractivity contribution in [1.29, 1.82) is 0 Å². The van der Waals surface area contributed by atoms with Gasteiger partial charge < -0.3 is 14.6 Å². The van der Waals surface area contributed by atoms with Crippen LogP contribution in [0.15, 0.2) is 12.3 Å². The Kier molecular flexibility index (Phi) is 4.14. The summed E-state index contributed by atoms with van der Waals surface area (Å²) in [6, 6.07) is 1.67. The van der Waals surface area contributed by atoms with Crippen LogP contribution in [0.2, 0.25) is 5.02 Å². The fourth-order valence-corrected chi connectivity index (χ4v) is 2.57. The third kappa shape index (κ3) is 3.10. The van der Waals surface area contributed by atoms with Crippen LogP contribution in [0.1, 0.15) is 30.3 Å². The number of amides is 1. The Morgan fingerprint density at radius 2 is 2.16 bits per heavy atom.